The van der Waals surface area contributed by atoms with Gasteiger partial charge in [-0.15, -0.1) is 12.4 Å². The molecule has 22 heavy (non-hydrogen) atoms. The smallest absolute Gasteiger partial charge is 0.220 e. The molecule has 2 saturated carbocycles. The number of fused-ring (bicyclic) bond motifs is 2. The summed E-state index contributed by atoms with van der Waals surface area (Å²) in [5.74, 6) is 1.45. The van der Waals surface area contributed by atoms with Crippen LogP contribution in [0.2, 0.25) is 0 Å². The molecule has 128 valence electrons. The highest BCUT2D eigenvalue weighted by atomic mass is 35.5. The minimum Gasteiger partial charge on any atom is -0.378 e. The summed E-state index contributed by atoms with van der Waals surface area (Å²) in [6.07, 6.45) is 11.3. The lowest BCUT2D eigenvalue weighted by atomic mass is 9.67. The fourth-order valence-electron chi connectivity index (χ4n) is 4.61. The van der Waals surface area contributed by atoms with Crippen molar-refractivity contribution in [3.8, 4) is 0 Å². The number of hydrogen-bond donors (Lipinski definition) is 2. The first-order valence-corrected chi connectivity index (χ1v) is 8.89. The lowest BCUT2D eigenvalue weighted by molar-refractivity contribution is -0.124. The number of rotatable bonds is 4. The Morgan fingerprint density at radius 3 is 2.45 bits per heavy atom. The molecule has 0 aromatic rings. The maximum absolute atomic E-state index is 12.3. The minimum absolute atomic E-state index is 0. The molecule has 0 aromatic heterocycles. The molecular formula is C17H31ClN2O2. The molecule has 3 rings (SSSR count). The zero-order valence-corrected chi connectivity index (χ0v) is 14.3. The summed E-state index contributed by atoms with van der Waals surface area (Å²) in [6, 6.07) is 0.738. The maximum Gasteiger partial charge on any atom is 0.220 e. The number of amides is 1. The minimum atomic E-state index is 0. The van der Waals surface area contributed by atoms with E-state index in [0.29, 0.717) is 36.4 Å². The summed E-state index contributed by atoms with van der Waals surface area (Å²) < 4.78 is 5.71. The van der Waals surface area contributed by atoms with Gasteiger partial charge < -0.3 is 15.8 Å². The van der Waals surface area contributed by atoms with Gasteiger partial charge in [0.05, 0.1) is 6.10 Å². The van der Waals surface area contributed by atoms with Gasteiger partial charge in [0.2, 0.25) is 5.91 Å². The van der Waals surface area contributed by atoms with E-state index in [9.17, 15) is 4.79 Å². The summed E-state index contributed by atoms with van der Waals surface area (Å²) >= 11 is 0. The van der Waals surface area contributed by atoms with Crippen molar-refractivity contribution in [2.75, 3.05) is 6.61 Å². The monoisotopic (exact) mass is 330 g/mol. The molecule has 1 saturated heterocycles. The van der Waals surface area contributed by atoms with Crippen molar-refractivity contribution >= 4 is 18.3 Å². The second-order valence-electron chi connectivity index (χ2n) is 7.30. The van der Waals surface area contributed by atoms with Gasteiger partial charge in [-0.2, -0.15) is 0 Å². The van der Waals surface area contributed by atoms with Gasteiger partial charge in [0, 0.05) is 25.1 Å². The van der Waals surface area contributed by atoms with E-state index in [4.69, 9.17) is 10.5 Å². The predicted octanol–water partition coefficient (Wildman–Crippen LogP) is 2.78. The van der Waals surface area contributed by atoms with Crippen molar-refractivity contribution in [1.29, 1.82) is 0 Å². The molecule has 1 amide bonds. The van der Waals surface area contributed by atoms with Gasteiger partial charge in [0.1, 0.15) is 0 Å². The largest absolute Gasteiger partial charge is 0.378 e. The van der Waals surface area contributed by atoms with Crippen LogP contribution in [0.3, 0.4) is 0 Å². The number of ether oxygens (including phenoxy) is 1. The summed E-state index contributed by atoms with van der Waals surface area (Å²) in [6.45, 7) is 0.872. The van der Waals surface area contributed by atoms with E-state index in [1.54, 1.807) is 0 Å². The van der Waals surface area contributed by atoms with Crippen LogP contribution in [0.15, 0.2) is 0 Å². The molecule has 3 unspecified atom stereocenters. The molecule has 4 nitrogen and oxygen atoms in total. The third-order valence-electron chi connectivity index (χ3n) is 5.67. The highest BCUT2D eigenvalue weighted by Gasteiger charge is 2.39. The molecule has 0 aromatic carbocycles. The number of nitrogens with two attached hydrogens (primary N) is 1. The van der Waals surface area contributed by atoms with Crippen LogP contribution >= 0.6 is 12.4 Å². The second-order valence-corrected chi connectivity index (χ2v) is 7.30. The third-order valence-corrected chi connectivity index (χ3v) is 5.67. The Kier molecular flexibility index (Phi) is 6.97. The highest BCUT2D eigenvalue weighted by molar-refractivity contribution is 5.85. The Morgan fingerprint density at radius 2 is 1.82 bits per heavy atom. The van der Waals surface area contributed by atoms with Crippen molar-refractivity contribution in [2.24, 2.45) is 17.6 Å². The first kappa shape index (κ1) is 18.0. The zero-order chi connectivity index (χ0) is 14.7. The maximum atomic E-state index is 12.3. The van der Waals surface area contributed by atoms with Gasteiger partial charge in [0.25, 0.3) is 0 Å². The van der Waals surface area contributed by atoms with E-state index in [2.05, 4.69) is 5.32 Å². The van der Waals surface area contributed by atoms with Gasteiger partial charge in [-0.3, -0.25) is 4.79 Å². The number of nitrogens with one attached hydrogen (secondary N) is 1. The summed E-state index contributed by atoms with van der Waals surface area (Å²) in [7, 11) is 0. The second kappa shape index (κ2) is 8.51. The van der Waals surface area contributed by atoms with E-state index in [1.165, 1.54) is 32.1 Å². The molecule has 0 radical (unpaired) electrons. The van der Waals surface area contributed by atoms with Crippen LogP contribution in [0, 0.1) is 11.8 Å². The van der Waals surface area contributed by atoms with Crippen LogP contribution in [0.4, 0.5) is 0 Å². The summed E-state index contributed by atoms with van der Waals surface area (Å²) in [4.78, 5) is 12.3. The van der Waals surface area contributed by atoms with E-state index in [-0.39, 0.29) is 18.3 Å². The van der Waals surface area contributed by atoms with Crippen LogP contribution in [0.1, 0.15) is 64.2 Å². The molecule has 2 bridgehead atoms. The first-order chi connectivity index (χ1) is 10.2. The first-order valence-electron chi connectivity index (χ1n) is 8.89. The molecule has 1 heterocycles. The Balaban J connectivity index is 0.00000176. The van der Waals surface area contributed by atoms with E-state index in [0.717, 1.165) is 32.3 Å². The summed E-state index contributed by atoms with van der Waals surface area (Å²) in [5.41, 5.74) is 6.14. The predicted molar refractivity (Wildman–Crippen MR) is 90.0 cm³/mol. The fourth-order valence-corrected chi connectivity index (χ4v) is 4.61. The van der Waals surface area contributed by atoms with Crippen LogP contribution in [0.25, 0.3) is 0 Å². The Hall–Kier alpha value is -0.320. The van der Waals surface area contributed by atoms with Gasteiger partial charge in [0.15, 0.2) is 0 Å². The van der Waals surface area contributed by atoms with Gasteiger partial charge in [-0.25, -0.2) is 0 Å². The Labute approximate surface area is 140 Å². The Morgan fingerprint density at radius 1 is 1.09 bits per heavy atom. The van der Waals surface area contributed by atoms with Crippen molar-refractivity contribution in [3.63, 3.8) is 0 Å². The van der Waals surface area contributed by atoms with Crippen LogP contribution in [-0.2, 0) is 9.53 Å². The number of carbonyl (C=O) groups excluding carboxylic acids is 1. The number of carbonyl (C=O) groups is 1. The molecule has 2 aliphatic carbocycles. The van der Waals surface area contributed by atoms with E-state index >= 15 is 0 Å². The molecule has 3 atom stereocenters. The molecular weight excluding hydrogens is 300 g/mol. The van der Waals surface area contributed by atoms with Crippen LogP contribution in [0.5, 0.6) is 0 Å². The van der Waals surface area contributed by atoms with E-state index < -0.39 is 0 Å². The number of halogens is 1. The van der Waals surface area contributed by atoms with E-state index in [1.807, 2.05) is 0 Å². The number of hydrogen-bond acceptors (Lipinski definition) is 3. The molecule has 3 N–H and O–H groups in total. The standard InChI is InChI=1S/C17H30N2O2.ClH/c18-14-10-12-4-3-5-13(11-14)17(12)19-16(20)8-7-15-6-1-2-9-21-15;/h12-15,17H,1-11,18H2,(H,19,20);1H. The molecule has 0 spiro atoms. The van der Waals surface area contributed by atoms with Crippen molar-refractivity contribution in [3.05, 3.63) is 0 Å². The SMILES string of the molecule is Cl.NC1CC2CCCC(C1)C2NC(=O)CCC1CCCCO1. The van der Waals surface area contributed by atoms with Gasteiger partial charge in [-0.1, -0.05) is 6.42 Å². The van der Waals surface area contributed by atoms with Gasteiger partial charge >= 0.3 is 0 Å². The zero-order valence-electron chi connectivity index (χ0n) is 13.5. The topological polar surface area (TPSA) is 64.3 Å². The van der Waals surface area contributed by atoms with Crippen molar-refractivity contribution < 1.29 is 9.53 Å². The molecule has 5 heteroatoms. The molecule has 3 fully saturated rings. The quantitative estimate of drug-likeness (QED) is 0.833. The van der Waals surface area contributed by atoms with Gasteiger partial charge in [-0.05, 0) is 63.2 Å². The third kappa shape index (κ3) is 4.59. The van der Waals surface area contributed by atoms with Crippen molar-refractivity contribution in [1.82, 2.24) is 5.32 Å². The summed E-state index contributed by atoms with van der Waals surface area (Å²) in [5, 5.41) is 3.33. The highest BCUT2D eigenvalue weighted by Crippen LogP contribution is 2.39. The van der Waals surface area contributed by atoms with Crippen molar-refractivity contribution in [2.45, 2.75) is 82.4 Å². The average molecular weight is 331 g/mol. The van der Waals surface area contributed by atoms with Crippen LogP contribution in [-0.4, -0.2) is 30.7 Å². The normalized spacial score (nSPS) is 38.0. The molecule has 1 aliphatic heterocycles. The fraction of sp³-hybridized carbons (Fsp3) is 0.941. The Bertz CT molecular complexity index is 347. The van der Waals surface area contributed by atoms with Crippen LogP contribution < -0.4 is 11.1 Å². The molecule has 3 aliphatic rings. The lowest BCUT2D eigenvalue weighted by Gasteiger charge is -2.45. The lowest BCUT2D eigenvalue weighted by Crippen LogP contribution is -2.53. The average Bonchev–Trinajstić information content (AvgIpc) is 2.47.